The van der Waals surface area contributed by atoms with Crippen molar-refractivity contribution in [3.8, 4) is 0 Å². The van der Waals surface area contributed by atoms with Crippen LogP contribution in [0.4, 0.5) is 0 Å². The third-order valence-electron chi connectivity index (χ3n) is 5.11. The van der Waals surface area contributed by atoms with E-state index in [-0.39, 0.29) is 12.3 Å². The standard InChI is InChI=1S/C19H32O8/c1-3-5-6-7-8-12(4-2)14(15(19(26)27)11-17(22)23)9-13(18(24)25)10-16(20)21/h12-15H,3-11H2,1-2H3,(H,20,21)(H,22,23)(H,24,25)(H,26,27). The molecule has 27 heavy (non-hydrogen) atoms. The molecular formula is C19H32O8. The molecule has 156 valence electrons. The van der Waals surface area contributed by atoms with Crippen LogP contribution in [0, 0.1) is 23.7 Å². The van der Waals surface area contributed by atoms with Gasteiger partial charge in [0.2, 0.25) is 0 Å². The van der Waals surface area contributed by atoms with E-state index < -0.39 is 54.5 Å². The highest BCUT2D eigenvalue weighted by atomic mass is 16.4. The Kier molecular flexibility index (Phi) is 12.1. The van der Waals surface area contributed by atoms with Gasteiger partial charge in [0.1, 0.15) is 0 Å². The molecule has 0 aromatic carbocycles. The van der Waals surface area contributed by atoms with Gasteiger partial charge in [-0.05, 0) is 18.3 Å². The summed E-state index contributed by atoms with van der Waals surface area (Å²) in [7, 11) is 0. The fourth-order valence-corrected chi connectivity index (χ4v) is 3.66. The monoisotopic (exact) mass is 388 g/mol. The first-order valence-corrected chi connectivity index (χ1v) is 9.53. The number of carboxylic acid groups (broad SMARTS) is 4. The van der Waals surface area contributed by atoms with Gasteiger partial charge in [-0.1, -0.05) is 52.4 Å². The molecule has 4 atom stereocenters. The SMILES string of the molecule is CCCCCCC(CC)C(CC(CC(=O)O)C(=O)O)C(CC(=O)O)C(=O)O. The summed E-state index contributed by atoms with van der Waals surface area (Å²) >= 11 is 0. The number of rotatable bonds is 16. The molecule has 0 aromatic heterocycles. The van der Waals surface area contributed by atoms with Crippen LogP contribution >= 0.6 is 0 Å². The Morgan fingerprint density at radius 1 is 0.778 bits per heavy atom. The highest BCUT2D eigenvalue weighted by Gasteiger charge is 2.38. The molecule has 0 amide bonds. The lowest BCUT2D eigenvalue weighted by atomic mass is 9.71. The summed E-state index contributed by atoms with van der Waals surface area (Å²) in [6, 6.07) is 0. The lowest BCUT2D eigenvalue weighted by molar-refractivity contribution is -0.154. The Labute approximate surface area is 159 Å². The van der Waals surface area contributed by atoms with E-state index in [1.54, 1.807) is 0 Å². The predicted octanol–water partition coefficient (Wildman–Crippen LogP) is 3.34. The summed E-state index contributed by atoms with van der Waals surface area (Å²) < 4.78 is 0. The lowest BCUT2D eigenvalue weighted by Crippen LogP contribution is -2.35. The largest absolute Gasteiger partial charge is 0.481 e. The minimum absolute atomic E-state index is 0.155. The van der Waals surface area contributed by atoms with E-state index >= 15 is 0 Å². The van der Waals surface area contributed by atoms with Gasteiger partial charge in [-0.3, -0.25) is 19.2 Å². The molecule has 0 aromatic rings. The summed E-state index contributed by atoms with van der Waals surface area (Å²) in [5.41, 5.74) is 0. The quantitative estimate of drug-likeness (QED) is 0.294. The van der Waals surface area contributed by atoms with Crippen LogP contribution in [0.2, 0.25) is 0 Å². The van der Waals surface area contributed by atoms with Gasteiger partial charge in [0.15, 0.2) is 0 Å². The maximum Gasteiger partial charge on any atom is 0.307 e. The lowest BCUT2D eigenvalue weighted by Gasteiger charge is -2.32. The number of carboxylic acids is 4. The first-order chi connectivity index (χ1) is 12.6. The van der Waals surface area contributed by atoms with E-state index in [2.05, 4.69) is 6.92 Å². The fourth-order valence-electron chi connectivity index (χ4n) is 3.66. The van der Waals surface area contributed by atoms with Crippen LogP contribution in [0.3, 0.4) is 0 Å². The topological polar surface area (TPSA) is 149 Å². The van der Waals surface area contributed by atoms with Gasteiger partial charge in [0, 0.05) is 0 Å². The van der Waals surface area contributed by atoms with Crippen LogP contribution in [0.1, 0.15) is 71.6 Å². The van der Waals surface area contributed by atoms with Crippen molar-refractivity contribution in [1.29, 1.82) is 0 Å². The molecule has 0 aliphatic carbocycles. The average Bonchev–Trinajstić information content (AvgIpc) is 2.56. The number of unbranched alkanes of at least 4 members (excludes halogenated alkanes) is 3. The number of aliphatic carboxylic acids is 4. The molecule has 0 rings (SSSR count). The number of hydrogen-bond donors (Lipinski definition) is 4. The van der Waals surface area contributed by atoms with Gasteiger partial charge in [-0.2, -0.15) is 0 Å². The molecule has 0 saturated carbocycles. The Balaban J connectivity index is 5.59. The van der Waals surface area contributed by atoms with Crippen molar-refractivity contribution in [3.63, 3.8) is 0 Å². The Morgan fingerprint density at radius 2 is 1.37 bits per heavy atom. The van der Waals surface area contributed by atoms with Gasteiger partial charge < -0.3 is 20.4 Å². The van der Waals surface area contributed by atoms with E-state index in [1.807, 2.05) is 6.92 Å². The molecule has 0 aliphatic rings. The average molecular weight is 388 g/mol. The molecule has 8 nitrogen and oxygen atoms in total. The highest BCUT2D eigenvalue weighted by Crippen LogP contribution is 2.36. The van der Waals surface area contributed by atoms with Crippen LogP contribution in [0.15, 0.2) is 0 Å². The van der Waals surface area contributed by atoms with Gasteiger partial charge in [0.25, 0.3) is 0 Å². The minimum Gasteiger partial charge on any atom is -0.481 e. The maximum atomic E-state index is 11.7. The van der Waals surface area contributed by atoms with Crippen molar-refractivity contribution < 1.29 is 39.6 Å². The maximum absolute atomic E-state index is 11.7. The number of hydrogen-bond acceptors (Lipinski definition) is 4. The molecule has 0 saturated heterocycles. The van der Waals surface area contributed by atoms with Crippen molar-refractivity contribution >= 4 is 23.9 Å². The first-order valence-electron chi connectivity index (χ1n) is 9.53. The van der Waals surface area contributed by atoms with Crippen LogP contribution in [-0.4, -0.2) is 44.3 Å². The zero-order valence-electron chi connectivity index (χ0n) is 16.1. The van der Waals surface area contributed by atoms with Gasteiger partial charge in [0.05, 0.1) is 24.7 Å². The Bertz CT molecular complexity index is 502. The Morgan fingerprint density at radius 3 is 1.78 bits per heavy atom. The second kappa shape index (κ2) is 13.1. The molecule has 0 heterocycles. The van der Waals surface area contributed by atoms with E-state index in [4.69, 9.17) is 10.2 Å². The predicted molar refractivity (Wildman–Crippen MR) is 97.4 cm³/mol. The first kappa shape index (κ1) is 24.9. The third kappa shape index (κ3) is 9.96. The minimum atomic E-state index is -1.30. The smallest absolute Gasteiger partial charge is 0.307 e. The van der Waals surface area contributed by atoms with Crippen LogP contribution in [0.25, 0.3) is 0 Å². The molecule has 4 unspecified atom stereocenters. The van der Waals surface area contributed by atoms with E-state index in [1.165, 1.54) is 0 Å². The molecule has 0 bridgehead atoms. The Hall–Kier alpha value is -2.12. The molecule has 4 N–H and O–H groups in total. The summed E-state index contributed by atoms with van der Waals surface area (Å²) in [5.74, 6) is -8.48. The normalized spacial score (nSPS) is 15.5. The van der Waals surface area contributed by atoms with Crippen molar-refractivity contribution in [2.75, 3.05) is 0 Å². The second-order valence-electron chi connectivity index (χ2n) is 7.09. The van der Waals surface area contributed by atoms with Crippen molar-refractivity contribution in [3.05, 3.63) is 0 Å². The van der Waals surface area contributed by atoms with Gasteiger partial charge in [-0.25, -0.2) is 0 Å². The van der Waals surface area contributed by atoms with Crippen LogP contribution in [0.5, 0.6) is 0 Å². The summed E-state index contributed by atoms with van der Waals surface area (Å²) in [4.78, 5) is 45.3. The fraction of sp³-hybridized carbons (Fsp3) is 0.789. The summed E-state index contributed by atoms with van der Waals surface area (Å²) in [6.45, 7) is 3.93. The van der Waals surface area contributed by atoms with E-state index in [0.29, 0.717) is 12.8 Å². The molecule has 0 fully saturated rings. The van der Waals surface area contributed by atoms with Gasteiger partial charge >= 0.3 is 23.9 Å². The van der Waals surface area contributed by atoms with Gasteiger partial charge in [-0.15, -0.1) is 0 Å². The highest BCUT2D eigenvalue weighted by molar-refractivity contribution is 5.79. The molecule has 0 aliphatic heterocycles. The molecule has 8 heteroatoms. The molecule has 0 radical (unpaired) electrons. The van der Waals surface area contributed by atoms with Crippen molar-refractivity contribution in [2.24, 2.45) is 23.7 Å². The molecular weight excluding hydrogens is 356 g/mol. The van der Waals surface area contributed by atoms with Crippen molar-refractivity contribution in [2.45, 2.75) is 71.6 Å². The summed E-state index contributed by atoms with van der Waals surface area (Å²) in [6.07, 6.45) is 3.77. The third-order valence-corrected chi connectivity index (χ3v) is 5.11. The zero-order valence-corrected chi connectivity index (χ0v) is 16.1. The van der Waals surface area contributed by atoms with E-state index in [0.717, 1.165) is 25.7 Å². The van der Waals surface area contributed by atoms with E-state index in [9.17, 15) is 29.4 Å². The van der Waals surface area contributed by atoms with Crippen LogP contribution < -0.4 is 0 Å². The van der Waals surface area contributed by atoms with Crippen molar-refractivity contribution in [1.82, 2.24) is 0 Å². The number of carbonyl (C=O) groups is 4. The van der Waals surface area contributed by atoms with Crippen LogP contribution in [-0.2, 0) is 19.2 Å². The second-order valence-corrected chi connectivity index (χ2v) is 7.09. The zero-order chi connectivity index (χ0) is 21.0. The molecule has 0 spiro atoms. The summed E-state index contributed by atoms with van der Waals surface area (Å²) in [5, 5.41) is 37.0.